The summed E-state index contributed by atoms with van der Waals surface area (Å²) in [7, 11) is 0. The molecule has 1 heterocycles. The van der Waals surface area contributed by atoms with Gasteiger partial charge in [0.05, 0.1) is 0 Å². The summed E-state index contributed by atoms with van der Waals surface area (Å²) < 4.78 is 0. The van der Waals surface area contributed by atoms with Gasteiger partial charge in [-0.25, -0.2) is 4.98 Å². The largest absolute Gasteiger partial charge is 0.343 e. The van der Waals surface area contributed by atoms with Crippen molar-refractivity contribution in [3.05, 3.63) is 11.6 Å². The van der Waals surface area contributed by atoms with E-state index in [2.05, 4.69) is 44.5 Å². The molecule has 2 nitrogen and oxygen atoms in total. The molecule has 0 aromatic carbocycles. The fraction of sp³-hybridized carbons (Fsp3) is 0.769. The molecule has 0 aliphatic rings. The van der Waals surface area contributed by atoms with E-state index >= 15 is 0 Å². The van der Waals surface area contributed by atoms with Crippen LogP contribution in [0.4, 0.5) is 5.13 Å². The van der Waals surface area contributed by atoms with Gasteiger partial charge in [0.25, 0.3) is 0 Å². The first-order chi connectivity index (χ1) is 6.95. The van der Waals surface area contributed by atoms with E-state index in [1.54, 1.807) is 11.3 Å². The summed E-state index contributed by atoms with van der Waals surface area (Å²) in [5, 5.41) is 3.19. The number of thiazole rings is 1. The minimum absolute atomic E-state index is 0. The van der Waals surface area contributed by atoms with E-state index in [1.807, 2.05) is 11.6 Å². The van der Waals surface area contributed by atoms with E-state index in [1.165, 1.54) is 6.42 Å². The van der Waals surface area contributed by atoms with E-state index in [9.17, 15) is 0 Å². The lowest BCUT2D eigenvalue weighted by Gasteiger charge is -2.37. The average molecular weight is 242 g/mol. The fourth-order valence-electron chi connectivity index (χ4n) is 1.43. The van der Waals surface area contributed by atoms with Crippen molar-refractivity contribution in [3.63, 3.8) is 0 Å². The van der Waals surface area contributed by atoms with Crippen LogP contribution in [0.25, 0.3) is 0 Å². The highest BCUT2D eigenvalue weighted by Crippen LogP contribution is 2.27. The van der Waals surface area contributed by atoms with E-state index in [4.69, 9.17) is 0 Å². The molecule has 0 saturated carbocycles. The van der Waals surface area contributed by atoms with Crippen molar-refractivity contribution in [1.29, 1.82) is 0 Å². The molecule has 0 radical (unpaired) electrons. The Labute approximate surface area is 105 Å². The molecule has 0 aliphatic heterocycles. The second-order valence-electron chi connectivity index (χ2n) is 5.11. The summed E-state index contributed by atoms with van der Waals surface area (Å²) >= 11 is 1.73. The number of aromatic nitrogens is 1. The maximum absolute atomic E-state index is 4.41. The Kier molecular flexibility index (Phi) is 6.01. The van der Waals surface area contributed by atoms with Crippen LogP contribution < -0.4 is 4.90 Å². The molecular formula is C13H26N2S. The van der Waals surface area contributed by atoms with Gasteiger partial charge in [-0.05, 0) is 26.7 Å². The third-order valence-electron chi connectivity index (χ3n) is 2.65. The van der Waals surface area contributed by atoms with Crippen molar-refractivity contribution in [2.24, 2.45) is 5.92 Å². The fourth-order valence-corrected chi connectivity index (χ4v) is 2.27. The van der Waals surface area contributed by atoms with Crippen molar-refractivity contribution in [3.8, 4) is 0 Å². The molecule has 0 bridgehead atoms. The number of hydrogen-bond donors (Lipinski definition) is 0. The maximum Gasteiger partial charge on any atom is 0.185 e. The lowest BCUT2D eigenvalue weighted by atomic mass is 10.0. The molecule has 0 N–H and O–H groups in total. The van der Waals surface area contributed by atoms with Gasteiger partial charge >= 0.3 is 0 Å². The van der Waals surface area contributed by atoms with Gasteiger partial charge in [0.2, 0.25) is 0 Å². The summed E-state index contributed by atoms with van der Waals surface area (Å²) in [5.41, 5.74) is 0.154. The zero-order valence-electron chi connectivity index (χ0n) is 10.4. The zero-order chi connectivity index (χ0) is 11.5. The van der Waals surface area contributed by atoms with E-state index < -0.39 is 0 Å². The van der Waals surface area contributed by atoms with Crippen LogP contribution in [-0.4, -0.2) is 17.1 Å². The Hall–Kier alpha value is -0.570. The zero-order valence-corrected chi connectivity index (χ0v) is 11.3. The Bertz CT molecular complexity index is 275. The first-order valence-corrected chi connectivity index (χ1v) is 6.50. The van der Waals surface area contributed by atoms with Gasteiger partial charge in [-0.1, -0.05) is 27.7 Å². The van der Waals surface area contributed by atoms with Gasteiger partial charge in [-0.2, -0.15) is 0 Å². The monoisotopic (exact) mass is 242 g/mol. The van der Waals surface area contributed by atoms with Crippen LogP contribution >= 0.6 is 11.3 Å². The normalized spacial score (nSPS) is 13.1. The van der Waals surface area contributed by atoms with Gasteiger partial charge < -0.3 is 4.90 Å². The Morgan fingerprint density at radius 3 is 2.44 bits per heavy atom. The van der Waals surface area contributed by atoms with Crippen molar-refractivity contribution in [2.75, 3.05) is 11.4 Å². The maximum atomic E-state index is 4.41. The quantitative estimate of drug-likeness (QED) is 0.776. The van der Waals surface area contributed by atoms with Crippen molar-refractivity contribution in [2.45, 2.75) is 54.0 Å². The predicted molar refractivity (Wildman–Crippen MR) is 75.4 cm³/mol. The molecule has 3 heteroatoms. The molecule has 16 heavy (non-hydrogen) atoms. The van der Waals surface area contributed by atoms with Gasteiger partial charge in [0.15, 0.2) is 5.13 Å². The second-order valence-corrected chi connectivity index (χ2v) is 5.98. The summed E-state index contributed by atoms with van der Waals surface area (Å²) in [5.74, 6) is 0.716. The van der Waals surface area contributed by atoms with Crippen molar-refractivity contribution in [1.82, 2.24) is 4.98 Å². The van der Waals surface area contributed by atoms with Crippen LogP contribution in [0, 0.1) is 5.92 Å². The molecule has 0 amide bonds. The third kappa shape index (κ3) is 4.12. The molecule has 0 saturated heterocycles. The lowest BCUT2D eigenvalue weighted by Crippen LogP contribution is -2.44. The smallest absolute Gasteiger partial charge is 0.185 e. The van der Waals surface area contributed by atoms with Gasteiger partial charge in [0.1, 0.15) is 0 Å². The Morgan fingerprint density at radius 1 is 1.44 bits per heavy atom. The van der Waals surface area contributed by atoms with Crippen LogP contribution in [0.15, 0.2) is 11.6 Å². The van der Waals surface area contributed by atoms with Crippen LogP contribution in [0.3, 0.4) is 0 Å². The molecule has 0 spiro atoms. The highest BCUT2D eigenvalue weighted by Gasteiger charge is 2.24. The highest BCUT2D eigenvalue weighted by atomic mass is 32.1. The molecule has 94 valence electrons. The minimum Gasteiger partial charge on any atom is -0.343 e. The summed E-state index contributed by atoms with van der Waals surface area (Å²) in [6.07, 6.45) is 3.10. The van der Waals surface area contributed by atoms with Crippen molar-refractivity contribution >= 4 is 16.5 Å². The lowest BCUT2D eigenvalue weighted by molar-refractivity contribution is 0.442. The minimum atomic E-state index is 0. The number of hydrogen-bond acceptors (Lipinski definition) is 3. The van der Waals surface area contributed by atoms with Crippen LogP contribution in [0.1, 0.15) is 48.5 Å². The first-order valence-electron chi connectivity index (χ1n) is 5.62. The van der Waals surface area contributed by atoms with Crippen LogP contribution in [-0.2, 0) is 0 Å². The van der Waals surface area contributed by atoms with Gasteiger partial charge in [0, 0.05) is 23.7 Å². The van der Waals surface area contributed by atoms with Crippen molar-refractivity contribution < 1.29 is 0 Å². The van der Waals surface area contributed by atoms with E-state index in [0.29, 0.717) is 5.92 Å². The molecular weight excluding hydrogens is 216 g/mol. The number of nitrogens with zero attached hydrogens (tertiary/aromatic N) is 2. The molecule has 1 aromatic heterocycles. The summed E-state index contributed by atoms with van der Waals surface area (Å²) in [4.78, 5) is 6.82. The number of anilines is 1. The highest BCUT2D eigenvalue weighted by molar-refractivity contribution is 7.13. The standard InChI is InChI=1S/C12H22N2S.CH4/c1-6-10(2)9-14(12(3,4)5)11-13-7-8-15-11;/h7-8,10H,6,9H2,1-5H3;1H4. The molecule has 0 aliphatic carbocycles. The van der Waals surface area contributed by atoms with E-state index in [0.717, 1.165) is 11.7 Å². The SMILES string of the molecule is C.CCC(C)CN(c1nccs1)C(C)(C)C. The number of rotatable bonds is 4. The molecule has 0 fully saturated rings. The predicted octanol–water partition coefficient (Wildman–Crippen LogP) is 4.43. The summed E-state index contributed by atoms with van der Waals surface area (Å²) in [6, 6.07) is 0. The van der Waals surface area contributed by atoms with E-state index in [-0.39, 0.29) is 13.0 Å². The first kappa shape index (κ1) is 15.4. The van der Waals surface area contributed by atoms with Gasteiger partial charge in [-0.3, -0.25) is 0 Å². The Balaban J connectivity index is 0.00000225. The average Bonchev–Trinajstić information content (AvgIpc) is 2.64. The second kappa shape index (κ2) is 6.24. The summed E-state index contributed by atoms with van der Waals surface area (Å²) in [6.45, 7) is 12.4. The van der Waals surface area contributed by atoms with Crippen LogP contribution in [0.5, 0.6) is 0 Å². The van der Waals surface area contributed by atoms with Gasteiger partial charge in [-0.15, -0.1) is 11.3 Å². The molecule has 1 aromatic rings. The molecule has 1 atom stereocenters. The Morgan fingerprint density at radius 2 is 2.06 bits per heavy atom. The van der Waals surface area contributed by atoms with Crippen LogP contribution in [0.2, 0.25) is 0 Å². The third-order valence-corrected chi connectivity index (χ3v) is 3.45. The topological polar surface area (TPSA) is 16.1 Å². The molecule has 1 rings (SSSR count). The molecule has 1 unspecified atom stereocenters.